The largest absolute Gasteiger partial charge is 0.330 e. The predicted molar refractivity (Wildman–Crippen MR) is 92.9 cm³/mol. The molecule has 5 nitrogen and oxygen atoms in total. The highest BCUT2D eigenvalue weighted by Gasteiger charge is 2.31. The number of aromatic nitrogens is 3. The lowest BCUT2D eigenvalue weighted by molar-refractivity contribution is 0.0672. The number of hydrogen-bond acceptors (Lipinski definition) is 4. The van der Waals surface area contributed by atoms with E-state index in [1.54, 1.807) is 34.3 Å². The molecule has 0 saturated carbocycles. The molecule has 3 aromatic heterocycles. The first-order valence-corrected chi connectivity index (χ1v) is 9.10. The van der Waals surface area contributed by atoms with Gasteiger partial charge in [-0.1, -0.05) is 0 Å². The van der Waals surface area contributed by atoms with Crippen molar-refractivity contribution >= 4 is 38.8 Å². The molecule has 0 aliphatic carbocycles. The van der Waals surface area contributed by atoms with Crippen LogP contribution in [-0.4, -0.2) is 31.9 Å². The minimum atomic E-state index is -0.0321. The fourth-order valence-corrected chi connectivity index (χ4v) is 4.63. The van der Waals surface area contributed by atoms with Crippen molar-refractivity contribution in [2.75, 3.05) is 6.54 Å². The van der Waals surface area contributed by atoms with E-state index in [0.29, 0.717) is 11.3 Å². The Kier molecular flexibility index (Phi) is 3.50. The summed E-state index contributed by atoms with van der Waals surface area (Å²) in [5, 5.41) is 6.57. The molecule has 3 aromatic rings. The molecular formula is C16H15BrN4OS. The first-order chi connectivity index (χ1) is 11.0. The van der Waals surface area contributed by atoms with Crippen LogP contribution in [0.1, 0.15) is 39.5 Å². The van der Waals surface area contributed by atoms with Crippen molar-refractivity contribution in [2.45, 2.75) is 26.3 Å². The summed E-state index contributed by atoms with van der Waals surface area (Å²) < 4.78 is 2.46. The van der Waals surface area contributed by atoms with Crippen LogP contribution in [0.25, 0.3) is 5.65 Å². The molecule has 0 saturated heterocycles. The number of hydrogen-bond donors (Lipinski definition) is 0. The summed E-state index contributed by atoms with van der Waals surface area (Å²) in [6.07, 6.45) is 4.43. The molecule has 4 heterocycles. The first-order valence-electron chi connectivity index (χ1n) is 7.43. The van der Waals surface area contributed by atoms with Crippen LogP contribution in [0, 0.1) is 6.92 Å². The van der Waals surface area contributed by atoms with Crippen molar-refractivity contribution in [2.24, 2.45) is 0 Å². The van der Waals surface area contributed by atoms with Crippen molar-refractivity contribution in [1.82, 2.24) is 19.5 Å². The topological polar surface area (TPSA) is 50.5 Å². The molecule has 7 heteroatoms. The standard InChI is InChI=1S/C16H15BrN4OS/c1-9-8-23-13-3-4-20(10(2)15(9)13)16(22)12-5-14-18-6-11(17)7-21(14)19-12/h5-8,10H,3-4H2,1-2H3. The fraction of sp³-hybridized carbons (Fsp3) is 0.312. The van der Waals surface area contributed by atoms with Crippen molar-refractivity contribution in [3.8, 4) is 0 Å². The van der Waals surface area contributed by atoms with Gasteiger partial charge in [0, 0.05) is 29.9 Å². The fourth-order valence-electron chi connectivity index (χ4n) is 3.22. The third-order valence-electron chi connectivity index (χ3n) is 4.33. The van der Waals surface area contributed by atoms with E-state index < -0.39 is 0 Å². The quantitative estimate of drug-likeness (QED) is 0.637. The summed E-state index contributed by atoms with van der Waals surface area (Å²) in [4.78, 5) is 20.5. The Morgan fingerprint density at radius 2 is 2.30 bits per heavy atom. The van der Waals surface area contributed by atoms with Crippen LogP contribution in [0.5, 0.6) is 0 Å². The van der Waals surface area contributed by atoms with Gasteiger partial charge in [0.05, 0.1) is 10.5 Å². The van der Waals surface area contributed by atoms with Crippen LogP contribution in [0.3, 0.4) is 0 Å². The number of halogens is 1. The van der Waals surface area contributed by atoms with Gasteiger partial charge in [0.1, 0.15) is 0 Å². The van der Waals surface area contributed by atoms with Crippen LogP contribution in [0.4, 0.5) is 0 Å². The molecule has 0 spiro atoms. The molecule has 4 rings (SSSR count). The zero-order valence-corrected chi connectivity index (χ0v) is 15.2. The van der Waals surface area contributed by atoms with E-state index in [9.17, 15) is 4.79 Å². The maximum absolute atomic E-state index is 12.9. The molecule has 0 N–H and O–H groups in total. The Morgan fingerprint density at radius 3 is 3.13 bits per heavy atom. The van der Waals surface area contributed by atoms with Gasteiger partial charge in [0.25, 0.3) is 5.91 Å². The number of fused-ring (bicyclic) bond motifs is 2. The van der Waals surface area contributed by atoms with Gasteiger partial charge in [0.2, 0.25) is 0 Å². The number of rotatable bonds is 1. The SMILES string of the molecule is Cc1csc2c1C(C)N(C(=O)c1cc3ncc(Br)cn3n1)CC2. The lowest BCUT2D eigenvalue weighted by Gasteiger charge is -2.33. The van der Waals surface area contributed by atoms with Gasteiger partial charge < -0.3 is 4.90 Å². The van der Waals surface area contributed by atoms with Gasteiger partial charge in [0.15, 0.2) is 11.3 Å². The second-order valence-corrected chi connectivity index (χ2v) is 7.66. The Morgan fingerprint density at radius 1 is 1.48 bits per heavy atom. The van der Waals surface area contributed by atoms with E-state index in [4.69, 9.17) is 0 Å². The number of carbonyl (C=O) groups excluding carboxylic acids is 1. The van der Waals surface area contributed by atoms with E-state index in [1.165, 1.54) is 16.0 Å². The zero-order chi connectivity index (χ0) is 16.1. The van der Waals surface area contributed by atoms with Gasteiger partial charge in [-0.2, -0.15) is 5.10 Å². The molecule has 1 aliphatic heterocycles. The van der Waals surface area contributed by atoms with Gasteiger partial charge >= 0.3 is 0 Å². The van der Waals surface area contributed by atoms with Gasteiger partial charge in [-0.3, -0.25) is 4.79 Å². The zero-order valence-electron chi connectivity index (χ0n) is 12.8. The highest BCUT2D eigenvalue weighted by Crippen LogP contribution is 2.36. The predicted octanol–water partition coefficient (Wildman–Crippen LogP) is 3.62. The normalized spacial score (nSPS) is 17.5. The maximum atomic E-state index is 12.9. The summed E-state index contributed by atoms with van der Waals surface area (Å²) >= 11 is 5.17. The minimum absolute atomic E-state index is 0.0321. The lowest BCUT2D eigenvalue weighted by Crippen LogP contribution is -2.38. The molecule has 1 amide bonds. The van der Waals surface area contributed by atoms with E-state index in [1.807, 2.05) is 4.90 Å². The third-order valence-corrected chi connectivity index (χ3v) is 5.92. The number of nitrogens with zero attached hydrogens (tertiary/aromatic N) is 4. The first kappa shape index (κ1) is 14.8. The molecule has 0 radical (unpaired) electrons. The van der Waals surface area contributed by atoms with Crippen molar-refractivity contribution in [3.63, 3.8) is 0 Å². The second kappa shape index (κ2) is 5.42. The molecule has 1 unspecified atom stereocenters. The summed E-state index contributed by atoms with van der Waals surface area (Å²) in [7, 11) is 0. The Balaban J connectivity index is 1.69. The van der Waals surface area contributed by atoms with Crippen LogP contribution in [-0.2, 0) is 6.42 Å². The number of amides is 1. The van der Waals surface area contributed by atoms with Crippen molar-refractivity contribution < 1.29 is 4.79 Å². The molecule has 1 atom stereocenters. The number of thiophene rings is 1. The molecule has 0 bridgehead atoms. The molecule has 118 valence electrons. The minimum Gasteiger partial charge on any atom is -0.330 e. The average Bonchev–Trinajstić information content (AvgIpc) is 3.11. The molecule has 0 aromatic carbocycles. The van der Waals surface area contributed by atoms with E-state index >= 15 is 0 Å². The second-order valence-electron chi connectivity index (χ2n) is 5.78. The monoisotopic (exact) mass is 390 g/mol. The lowest BCUT2D eigenvalue weighted by atomic mass is 9.97. The summed E-state index contributed by atoms with van der Waals surface area (Å²) in [5.41, 5.74) is 3.70. The third kappa shape index (κ3) is 2.38. The Labute approximate surface area is 146 Å². The van der Waals surface area contributed by atoms with Gasteiger partial charge in [-0.25, -0.2) is 9.50 Å². The van der Waals surface area contributed by atoms with E-state index in [2.05, 4.69) is 45.2 Å². The van der Waals surface area contributed by atoms with Crippen LogP contribution < -0.4 is 0 Å². The highest BCUT2D eigenvalue weighted by molar-refractivity contribution is 9.10. The summed E-state index contributed by atoms with van der Waals surface area (Å²) in [6.45, 7) is 4.95. The molecule has 23 heavy (non-hydrogen) atoms. The van der Waals surface area contributed by atoms with Crippen LogP contribution in [0.2, 0.25) is 0 Å². The van der Waals surface area contributed by atoms with Crippen LogP contribution in [0.15, 0.2) is 28.3 Å². The Bertz CT molecular complexity index is 916. The highest BCUT2D eigenvalue weighted by atomic mass is 79.9. The molecule has 0 fully saturated rings. The smallest absolute Gasteiger partial charge is 0.274 e. The average molecular weight is 391 g/mol. The number of carbonyl (C=O) groups is 1. The molecule has 1 aliphatic rings. The van der Waals surface area contributed by atoms with Crippen molar-refractivity contribution in [1.29, 1.82) is 0 Å². The van der Waals surface area contributed by atoms with E-state index in [0.717, 1.165) is 17.4 Å². The maximum Gasteiger partial charge on any atom is 0.274 e. The Hall–Kier alpha value is -1.73. The van der Waals surface area contributed by atoms with Gasteiger partial charge in [-0.15, -0.1) is 11.3 Å². The summed E-state index contributed by atoms with van der Waals surface area (Å²) in [6, 6.07) is 1.83. The van der Waals surface area contributed by atoms with Crippen molar-refractivity contribution in [3.05, 3.63) is 50.0 Å². The van der Waals surface area contributed by atoms with E-state index in [-0.39, 0.29) is 11.9 Å². The van der Waals surface area contributed by atoms with Gasteiger partial charge in [-0.05, 0) is 52.7 Å². The molecular weight excluding hydrogens is 376 g/mol. The summed E-state index contributed by atoms with van der Waals surface area (Å²) in [5.74, 6) is -0.0321. The van der Waals surface area contributed by atoms with Crippen LogP contribution >= 0.6 is 27.3 Å². The number of aryl methyl sites for hydroxylation is 1.